The molecular formula is C18H18N8O. The number of carbonyl (C=O) groups excluding carboxylic acids is 1. The number of amides is 1. The average molecular weight is 362 g/mol. The maximum absolute atomic E-state index is 11.3. The lowest BCUT2D eigenvalue weighted by molar-refractivity contribution is -0.117. The molecule has 4 rings (SSSR count). The van der Waals surface area contributed by atoms with Crippen LogP contribution >= 0.6 is 0 Å². The zero-order valence-corrected chi connectivity index (χ0v) is 15.0. The lowest BCUT2D eigenvalue weighted by atomic mass is 10.2. The minimum atomic E-state index is -0.485. The van der Waals surface area contributed by atoms with Crippen molar-refractivity contribution in [3.05, 3.63) is 59.6 Å². The number of primary amides is 1. The van der Waals surface area contributed by atoms with E-state index in [-0.39, 0.29) is 6.42 Å². The van der Waals surface area contributed by atoms with Crippen molar-refractivity contribution in [2.75, 3.05) is 0 Å². The van der Waals surface area contributed by atoms with Crippen LogP contribution in [0.4, 0.5) is 0 Å². The highest BCUT2D eigenvalue weighted by Gasteiger charge is 2.17. The van der Waals surface area contributed by atoms with Gasteiger partial charge in [0.15, 0.2) is 11.6 Å². The van der Waals surface area contributed by atoms with Gasteiger partial charge in [0.1, 0.15) is 5.82 Å². The van der Waals surface area contributed by atoms with Gasteiger partial charge in [0.25, 0.3) is 0 Å². The van der Waals surface area contributed by atoms with E-state index in [9.17, 15) is 4.79 Å². The zero-order chi connectivity index (χ0) is 19.0. The van der Waals surface area contributed by atoms with Crippen LogP contribution in [-0.2, 0) is 24.7 Å². The predicted molar refractivity (Wildman–Crippen MR) is 98.1 cm³/mol. The van der Waals surface area contributed by atoms with Gasteiger partial charge in [-0.25, -0.2) is 9.97 Å². The van der Waals surface area contributed by atoms with Crippen LogP contribution in [0.15, 0.2) is 36.7 Å². The summed E-state index contributed by atoms with van der Waals surface area (Å²) in [5.74, 6) is 1.05. The largest absolute Gasteiger partial charge is 0.369 e. The number of para-hydroxylation sites is 2. The molecule has 0 saturated heterocycles. The molecule has 136 valence electrons. The van der Waals surface area contributed by atoms with Crippen molar-refractivity contribution in [1.82, 2.24) is 34.5 Å². The lowest BCUT2D eigenvalue weighted by Gasteiger charge is -2.05. The van der Waals surface area contributed by atoms with E-state index in [1.165, 1.54) is 0 Å². The number of hydrogen-bond acceptors (Lipinski definition) is 6. The summed E-state index contributed by atoms with van der Waals surface area (Å²) in [7, 11) is 1.87. The summed E-state index contributed by atoms with van der Waals surface area (Å²) in [6.45, 7) is 1.94. The molecule has 0 aliphatic heterocycles. The lowest BCUT2D eigenvalue weighted by Crippen LogP contribution is -2.14. The first-order valence-corrected chi connectivity index (χ1v) is 8.44. The summed E-state index contributed by atoms with van der Waals surface area (Å²) >= 11 is 0. The van der Waals surface area contributed by atoms with Crippen LogP contribution in [0.25, 0.3) is 16.9 Å². The van der Waals surface area contributed by atoms with Gasteiger partial charge in [0, 0.05) is 25.2 Å². The third-order valence-corrected chi connectivity index (χ3v) is 4.17. The topological polar surface area (TPSA) is 117 Å². The Balaban J connectivity index is 1.80. The number of hydrogen-bond donors (Lipinski definition) is 1. The van der Waals surface area contributed by atoms with Crippen LogP contribution in [0.3, 0.4) is 0 Å². The summed E-state index contributed by atoms with van der Waals surface area (Å²) in [6.07, 6.45) is 4.05. The molecule has 2 N–H and O–H groups in total. The quantitative estimate of drug-likeness (QED) is 0.563. The molecule has 0 fully saturated rings. The molecule has 0 bridgehead atoms. The highest BCUT2D eigenvalue weighted by Crippen LogP contribution is 2.16. The summed E-state index contributed by atoms with van der Waals surface area (Å²) in [5, 5.41) is 8.80. The Hall–Kier alpha value is -3.62. The van der Waals surface area contributed by atoms with E-state index in [2.05, 4.69) is 25.1 Å². The standard InChI is InChI=1S/C18H18N8O/c1-11-12(10-25(2)23-11)7-17-22-16(8-15(19)27)24-26(17)18-9-20-13-5-3-4-6-14(13)21-18/h3-6,9-10H,7-8H2,1-2H3,(H2,19,27). The first-order valence-electron chi connectivity index (χ1n) is 8.44. The number of rotatable bonds is 5. The third-order valence-electron chi connectivity index (χ3n) is 4.17. The molecule has 0 unspecified atom stereocenters. The van der Waals surface area contributed by atoms with Gasteiger partial charge in [0.05, 0.1) is 29.3 Å². The van der Waals surface area contributed by atoms with E-state index < -0.39 is 5.91 Å². The van der Waals surface area contributed by atoms with Gasteiger partial charge in [0.2, 0.25) is 5.91 Å². The second-order valence-corrected chi connectivity index (χ2v) is 6.31. The summed E-state index contributed by atoms with van der Waals surface area (Å²) in [5.41, 5.74) is 8.79. The van der Waals surface area contributed by atoms with Crippen molar-refractivity contribution < 1.29 is 4.79 Å². The van der Waals surface area contributed by atoms with E-state index in [0.29, 0.717) is 23.9 Å². The number of fused-ring (bicyclic) bond motifs is 1. The molecule has 27 heavy (non-hydrogen) atoms. The molecule has 9 nitrogen and oxygen atoms in total. The van der Waals surface area contributed by atoms with Gasteiger partial charge in [-0.2, -0.15) is 9.78 Å². The first-order chi connectivity index (χ1) is 13.0. The van der Waals surface area contributed by atoms with Gasteiger partial charge < -0.3 is 5.73 Å². The molecule has 1 amide bonds. The van der Waals surface area contributed by atoms with Crippen molar-refractivity contribution in [1.29, 1.82) is 0 Å². The fraction of sp³-hybridized carbons (Fsp3) is 0.222. The third kappa shape index (κ3) is 3.39. The van der Waals surface area contributed by atoms with Crippen molar-refractivity contribution in [3.63, 3.8) is 0 Å². The second kappa shape index (κ2) is 6.60. The molecule has 0 spiro atoms. The van der Waals surface area contributed by atoms with Gasteiger partial charge in [-0.05, 0) is 19.1 Å². The number of nitrogens with two attached hydrogens (primary N) is 1. The first kappa shape index (κ1) is 16.8. The van der Waals surface area contributed by atoms with Crippen molar-refractivity contribution in [2.45, 2.75) is 19.8 Å². The number of carbonyl (C=O) groups is 1. The van der Waals surface area contributed by atoms with E-state index >= 15 is 0 Å². The molecule has 9 heteroatoms. The van der Waals surface area contributed by atoms with Crippen LogP contribution < -0.4 is 5.73 Å². The summed E-state index contributed by atoms with van der Waals surface area (Å²) in [6, 6.07) is 7.60. The molecular weight excluding hydrogens is 344 g/mol. The molecule has 0 aliphatic carbocycles. The molecule has 0 atom stereocenters. The van der Waals surface area contributed by atoms with Gasteiger partial charge >= 0.3 is 0 Å². The van der Waals surface area contributed by atoms with Crippen LogP contribution in [0.5, 0.6) is 0 Å². The van der Waals surface area contributed by atoms with Crippen molar-refractivity contribution >= 4 is 16.9 Å². The highest BCUT2D eigenvalue weighted by molar-refractivity contribution is 5.76. The Morgan fingerprint density at radius 2 is 1.93 bits per heavy atom. The monoisotopic (exact) mass is 362 g/mol. The summed E-state index contributed by atoms with van der Waals surface area (Å²) in [4.78, 5) is 24.9. The smallest absolute Gasteiger partial charge is 0.225 e. The maximum atomic E-state index is 11.3. The Bertz CT molecular complexity index is 1140. The molecule has 1 aromatic carbocycles. The normalized spacial score (nSPS) is 11.2. The van der Waals surface area contributed by atoms with Gasteiger partial charge in [-0.3, -0.25) is 14.5 Å². The number of benzene rings is 1. The SMILES string of the molecule is Cc1nn(C)cc1Cc1nc(CC(N)=O)nn1-c1cnc2ccccc2n1. The average Bonchev–Trinajstić information content (AvgIpc) is 3.16. The number of aryl methyl sites for hydroxylation is 2. The minimum absolute atomic E-state index is 0.0347. The van der Waals surface area contributed by atoms with Crippen molar-refractivity contribution in [3.8, 4) is 5.82 Å². The molecule has 3 heterocycles. The number of nitrogens with zero attached hydrogens (tertiary/aromatic N) is 7. The molecule has 4 aromatic rings. The molecule has 0 radical (unpaired) electrons. The molecule has 0 saturated carbocycles. The fourth-order valence-electron chi connectivity index (χ4n) is 2.96. The Morgan fingerprint density at radius 3 is 2.63 bits per heavy atom. The van der Waals surface area contributed by atoms with Crippen LogP contribution in [0.1, 0.15) is 22.9 Å². The van der Waals surface area contributed by atoms with Crippen LogP contribution in [0.2, 0.25) is 0 Å². The van der Waals surface area contributed by atoms with Gasteiger partial charge in [-0.1, -0.05) is 12.1 Å². The Labute approximate surface area is 154 Å². The van der Waals surface area contributed by atoms with Crippen LogP contribution in [0, 0.1) is 6.92 Å². The highest BCUT2D eigenvalue weighted by atomic mass is 16.1. The van der Waals surface area contributed by atoms with E-state index in [1.807, 2.05) is 44.4 Å². The molecule has 0 aliphatic rings. The fourth-order valence-corrected chi connectivity index (χ4v) is 2.96. The van der Waals surface area contributed by atoms with Gasteiger partial charge in [-0.15, -0.1) is 5.10 Å². The Kier molecular flexibility index (Phi) is 4.11. The van der Waals surface area contributed by atoms with Crippen molar-refractivity contribution in [2.24, 2.45) is 12.8 Å². The summed E-state index contributed by atoms with van der Waals surface area (Å²) < 4.78 is 3.37. The van der Waals surface area contributed by atoms with Crippen LogP contribution in [-0.4, -0.2) is 40.4 Å². The predicted octanol–water partition coefficient (Wildman–Crippen LogP) is 0.871. The maximum Gasteiger partial charge on any atom is 0.225 e. The van der Waals surface area contributed by atoms with E-state index in [4.69, 9.17) is 5.73 Å². The second-order valence-electron chi connectivity index (χ2n) is 6.31. The van der Waals surface area contributed by atoms with E-state index in [1.54, 1.807) is 15.6 Å². The zero-order valence-electron chi connectivity index (χ0n) is 15.0. The molecule has 3 aromatic heterocycles. The Morgan fingerprint density at radius 1 is 1.15 bits per heavy atom. The minimum Gasteiger partial charge on any atom is -0.369 e. The number of aromatic nitrogens is 7. The van der Waals surface area contributed by atoms with E-state index in [0.717, 1.165) is 22.3 Å².